The van der Waals surface area contributed by atoms with E-state index in [1.54, 1.807) is 0 Å². The molecular weight excluding hydrogens is 254 g/mol. The van der Waals surface area contributed by atoms with Gasteiger partial charge in [0.15, 0.2) is 0 Å². The molecular formula is C12H16BrNO. The predicted molar refractivity (Wildman–Crippen MR) is 68.1 cm³/mol. The summed E-state index contributed by atoms with van der Waals surface area (Å²) >= 11 is 3.40. The first-order valence-electron chi connectivity index (χ1n) is 4.98. The summed E-state index contributed by atoms with van der Waals surface area (Å²) in [5.41, 5.74) is 2.01. The molecule has 0 aromatic heterocycles. The molecule has 0 saturated carbocycles. The summed E-state index contributed by atoms with van der Waals surface area (Å²) in [6.07, 6.45) is 1.87. The van der Waals surface area contributed by atoms with Gasteiger partial charge in [0.1, 0.15) is 0 Å². The molecule has 0 aliphatic heterocycles. The van der Waals surface area contributed by atoms with Gasteiger partial charge in [-0.05, 0) is 25.1 Å². The molecule has 15 heavy (non-hydrogen) atoms. The first-order chi connectivity index (χ1) is 7.22. The Balaban J connectivity index is 3.04. The molecule has 0 aliphatic carbocycles. The van der Waals surface area contributed by atoms with Crippen LogP contribution in [0, 0.1) is 0 Å². The molecule has 0 saturated heterocycles. The third-order valence-electron chi connectivity index (χ3n) is 2.28. The van der Waals surface area contributed by atoms with Gasteiger partial charge in [0.25, 0.3) is 0 Å². The lowest BCUT2D eigenvalue weighted by Crippen LogP contribution is -2.23. The van der Waals surface area contributed by atoms with E-state index in [9.17, 15) is 5.11 Å². The molecule has 0 unspecified atom stereocenters. The molecule has 0 fully saturated rings. The van der Waals surface area contributed by atoms with E-state index >= 15 is 0 Å². The highest BCUT2D eigenvalue weighted by atomic mass is 79.9. The van der Waals surface area contributed by atoms with Crippen molar-refractivity contribution in [1.82, 2.24) is 0 Å². The molecule has 0 atom stereocenters. The van der Waals surface area contributed by atoms with E-state index in [1.165, 1.54) is 0 Å². The Labute approximate surface area is 99.4 Å². The molecule has 1 aromatic rings. The number of hydrogen-bond donors (Lipinski definition) is 1. The van der Waals surface area contributed by atoms with E-state index in [0.29, 0.717) is 0 Å². The van der Waals surface area contributed by atoms with E-state index in [1.807, 2.05) is 24.3 Å². The number of hydrogen-bond acceptors (Lipinski definition) is 2. The second-order valence-electron chi connectivity index (χ2n) is 3.26. The second-order valence-corrected chi connectivity index (χ2v) is 4.17. The lowest BCUT2D eigenvalue weighted by molar-refractivity contribution is 0.282. The second kappa shape index (κ2) is 5.93. The molecule has 0 spiro atoms. The van der Waals surface area contributed by atoms with Crippen LogP contribution in [-0.2, 0) is 6.61 Å². The van der Waals surface area contributed by atoms with Crippen LogP contribution >= 0.6 is 15.9 Å². The first-order valence-corrected chi connectivity index (χ1v) is 5.77. The largest absolute Gasteiger partial charge is 0.392 e. The summed E-state index contributed by atoms with van der Waals surface area (Å²) in [6.45, 7) is 7.58. The molecule has 0 amide bonds. The molecule has 3 heteroatoms. The fourth-order valence-corrected chi connectivity index (χ4v) is 1.95. The van der Waals surface area contributed by atoms with Crippen molar-refractivity contribution in [3.8, 4) is 0 Å². The Morgan fingerprint density at radius 2 is 2.27 bits per heavy atom. The van der Waals surface area contributed by atoms with Crippen LogP contribution in [0.1, 0.15) is 12.5 Å². The number of rotatable bonds is 5. The fraction of sp³-hybridized carbons (Fsp3) is 0.333. The molecule has 2 nitrogen and oxygen atoms in total. The molecule has 1 aromatic carbocycles. The van der Waals surface area contributed by atoms with Gasteiger partial charge in [0.2, 0.25) is 0 Å². The lowest BCUT2D eigenvalue weighted by atomic mass is 10.1. The third-order valence-corrected chi connectivity index (χ3v) is 2.78. The highest BCUT2D eigenvalue weighted by Gasteiger charge is 2.08. The number of aliphatic hydroxyl groups is 1. The van der Waals surface area contributed by atoms with E-state index in [0.717, 1.165) is 28.8 Å². The minimum absolute atomic E-state index is 0.0580. The fourth-order valence-electron chi connectivity index (χ4n) is 1.54. The molecule has 82 valence electrons. The number of halogens is 1. The van der Waals surface area contributed by atoms with Crippen LogP contribution in [0.4, 0.5) is 5.69 Å². The molecule has 0 heterocycles. The summed E-state index contributed by atoms with van der Waals surface area (Å²) in [6, 6.07) is 5.95. The molecule has 1 rings (SSSR count). The van der Waals surface area contributed by atoms with Crippen LogP contribution in [0.25, 0.3) is 0 Å². The predicted octanol–water partition coefficient (Wildman–Crippen LogP) is 2.95. The van der Waals surface area contributed by atoms with Gasteiger partial charge < -0.3 is 10.0 Å². The molecule has 0 bridgehead atoms. The maximum absolute atomic E-state index is 9.28. The zero-order valence-corrected chi connectivity index (χ0v) is 10.5. The maximum Gasteiger partial charge on any atom is 0.0702 e. The van der Waals surface area contributed by atoms with Gasteiger partial charge in [-0.3, -0.25) is 0 Å². The zero-order valence-electron chi connectivity index (χ0n) is 8.91. The van der Waals surface area contributed by atoms with E-state index in [4.69, 9.17) is 0 Å². The smallest absolute Gasteiger partial charge is 0.0702 e. The maximum atomic E-state index is 9.28. The van der Waals surface area contributed by atoms with Crippen molar-refractivity contribution in [2.45, 2.75) is 13.5 Å². The van der Waals surface area contributed by atoms with Crippen molar-refractivity contribution in [1.29, 1.82) is 0 Å². The Bertz CT molecular complexity index is 338. The number of nitrogens with zero attached hydrogens (tertiary/aromatic N) is 1. The van der Waals surface area contributed by atoms with Crippen molar-refractivity contribution in [2.24, 2.45) is 0 Å². The summed E-state index contributed by atoms with van der Waals surface area (Å²) in [4.78, 5) is 2.17. The van der Waals surface area contributed by atoms with Gasteiger partial charge in [-0.1, -0.05) is 22.0 Å². The van der Waals surface area contributed by atoms with Crippen LogP contribution < -0.4 is 4.90 Å². The van der Waals surface area contributed by atoms with Gasteiger partial charge in [0, 0.05) is 28.8 Å². The number of aliphatic hydroxyl groups excluding tert-OH is 1. The summed E-state index contributed by atoms with van der Waals surface area (Å²) in [5.74, 6) is 0. The number of benzene rings is 1. The summed E-state index contributed by atoms with van der Waals surface area (Å²) in [7, 11) is 0. The van der Waals surface area contributed by atoms with Gasteiger partial charge in [0.05, 0.1) is 6.61 Å². The Kier molecular flexibility index (Phi) is 4.85. The Morgan fingerprint density at radius 3 is 2.80 bits per heavy atom. The highest BCUT2D eigenvalue weighted by molar-refractivity contribution is 9.10. The molecule has 1 N–H and O–H groups in total. The van der Waals surface area contributed by atoms with Gasteiger partial charge >= 0.3 is 0 Å². The average molecular weight is 270 g/mol. The van der Waals surface area contributed by atoms with Gasteiger partial charge in [-0.2, -0.15) is 0 Å². The number of likely N-dealkylation sites (N-methyl/N-ethyl adjacent to an activating group) is 1. The Hall–Kier alpha value is -0.800. The van der Waals surface area contributed by atoms with Crippen molar-refractivity contribution >= 4 is 21.6 Å². The lowest BCUT2D eigenvalue weighted by Gasteiger charge is -2.24. The van der Waals surface area contributed by atoms with Crippen LogP contribution in [0.2, 0.25) is 0 Å². The first kappa shape index (κ1) is 12.3. The summed E-state index contributed by atoms with van der Waals surface area (Å²) in [5, 5.41) is 9.28. The SMILES string of the molecule is C=CCN(CC)c1ccc(Br)cc1CO. The van der Waals surface area contributed by atoms with Crippen molar-refractivity contribution in [3.63, 3.8) is 0 Å². The van der Waals surface area contributed by atoms with Crippen LogP contribution in [0.5, 0.6) is 0 Å². The monoisotopic (exact) mass is 269 g/mol. The van der Waals surface area contributed by atoms with E-state index in [2.05, 4.69) is 34.3 Å². The highest BCUT2D eigenvalue weighted by Crippen LogP contribution is 2.24. The van der Waals surface area contributed by atoms with Crippen molar-refractivity contribution in [3.05, 3.63) is 40.9 Å². The Morgan fingerprint density at radius 1 is 1.53 bits per heavy atom. The zero-order chi connectivity index (χ0) is 11.3. The van der Waals surface area contributed by atoms with Gasteiger partial charge in [-0.15, -0.1) is 6.58 Å². The minimum Gasteiger partial charge on any atom is -0.392 e. The molecule has 0 aliphatic rings. The normalized spacial score (nSPS) is 10.1. The minimum atomic E-state index is 0.0580. The quantitative estimate of drug-likeness (QED) is 0.831. The standard InChI is InChI=1S/C12H16BrNO/c1-3-7-14(4-2)12-6-5-11(13)8-10(12)9-15/h3,5-6,8,15H,1,4,7,9H2,2H3. The van der Waals surface area contributed by atoms with E-state index < -0.39 is 0 Å². The third kappa shape index (κ3) is 3.08. The van der Waals surface area contributed by atoms with E-state index in [-0.39, 0.29) is 6.61 Å². The van der Waals surface area contributed by atoms with Gasteiger partial charge in [-0.25, -0.2) is 0 Å². The van der Waals surface area contributed by atoms with Crippen molar-refractivity contribution in [2.75, 3.05) is 18.0 Å². The average Bonchev–Trinajstić information content (AvgIpc) is 2.26. The van der Waals surface area contributed by atoms with Crippen LogP contribution in [-0.4, -0.2) is 18.2 Å². The van der Waals surface area contributed by atoms with Crippen LogP contribution in [0.3, 0.4) is 0 Å². The van der Waals surface area contributed by atoms with Crippen LogP contribution in [0.15, 0.2) is 35.3 Å². The number of anilines is 1. The topological polar surface area (TPSA) is 23.5 Å². The van der Waals surface area contributed by atoms with Crippen molar-refractivity contribution < 1.29 is 5.11 Å². The summed E-state index contributed by atoms with van der Waals surface area (Å²) < 4.78 is 0.991. The molecule has 0 radical (unpaired) electrons.